The summed E-state index contributed by atoms with van der Waals surface area (Å²) < 4.78 is 10.1. The van der Waals surface area contributed by atoms with Gasteiger partial charge < -0.3 is 19.9 Å². The third kappa shape index (κ3) is 3.46. The summed E-state index contributed by atoms with van der Waals surface area (Å²) in [5, 5.41) is 11.1. The minimum atomic E-state index is -1.09. The van der Waals surface area contributed by atoms with Crippen LogP contribution in [0.2, 0.25) is 0 Å². The third-order valence-corrected chi connectivity index (χ3v) is 2.77. The van der Waals surface area contributed by atoms with Gasteiger partial charge in [-0.2, -0.15) is 0 Å². The fourth-order valence-electron chi connectivity index (χ4n) is 1.58. The van der Waals surface area contributed by atoms with Crippen molar-refractivity contribution in [3.05, 3.63) is 0 Å². The second-order valence-corrected chi connectivity index (χ2v) is 4.12. The molecule has 0 spiro atoms. The normalized spacial score (nSPS) is 29.0. The fraction of sp³-hybridized carbons (Fsp3) is 0.800. The highest BCUT2D eigenvalue weighted by molar-refractivity contribution is 5.78. The van der Waals surface area contributed by atoms with E-state index in [0.717, 1.165) is 6.42 Å². The summed E-state index contributed by atoms with van der Waals surface area (Å²) in [6, 6.07) is 0. The van der Waals surface area contributed by atoms with Crippen molar-refractivity contribution in [1.82, 2.24) is 5.32 Å². The molecule has 1 amide bonds. The van der Waals surface area contributed by atoms with E-state index in [1.54, 1.807) is 0 Å². The Morgan fingerprint density at radius 1 is 1.56 bits per heavy atom. The molecule has 0 aromatic carbocycles. The van der Waals surface area contributed by atoms with Crippen molar-refractivity contribution in [1.29, 1.82) is 0 Å². The number of hydrogen-bond acceptors (Lipinski definition) is 4. The second-order valence-electron chi connectivity index (χ2n) is 4.12. The highest BCUT2D eigenvalue weighted by Crippen LogP contribution is 2.24. The van der Waals surface area contributed by atoms with Gasteiger partial charge in [-0.3, -0.25) is 4.79 Å². The average molecular weight is 231 g/mol. The van der Waals surface area contributed by atoms with Gasteiger partial charge in [-0.1, -0.05) is 0 Å². The third-order valence-electron chi connectivity index (χ3n) is 2.77. The van der Waals surface area contributed by atoms with Gasteiger partial charge in [0.2, 0.25) is 5.91 Å². The standard InChI is InChI=1S/C10H17NO5/c1-7-10(2,3-4-16-7)11-8(12)5-15-6-9(13)14/h7H,3-6H2,1-2H3,(H,11,12)(H,13,14). The minimum absolute atomic E-state index is 0.0454. The quantitative estimate of drug-likeness (QED) is 0.682. The van der Waals surface area contributed by atoms with Crippen LogP contribution < -0.4 is 5.32 Å². The predicted molar refractivity (Wildman–Crippen MR) is 55.0 cm³/mol. The number of carboxylic acids is 1. The van der Waals surface area contributed by atoms with Crippen LogP contribution in [-0.4, -0.2) is 48.4 Å². The maximum atomic E-state index is 11.4. The molecule has 16 heavy (non-hydrogen) atoms. The van der Waals surface area contributed by atoms with Gasteiger partial charge in [-0.15, -0.1) is 0 Å². The minimum Gasteiger partial charge on any atom is -0.480 e. The Kier molecular flexibility index (Phi) is 4.26. The van der Waals surface area contributed by atoms with Crippen LogP contribution in [0.25, 0.3) is 0 Å². The number of nitrogens with one attached hydrogen (secondary N) is 1. The van der Waals surface area contributed by atoms with Crippen LogP contribution in [0.4, 0.5) is 0 Å². The molecule has 0 aliphatic carbocycles. The molecule has 0 bridgehead atoms. The number of carbonyl (C=O) groups is 2. The molecule has 92 valence electrons. The summed E-state index contributed by atoms with van der Waals surface area (Å²) in [6.07, 6.45) is 0.703. The first-order valence-electron chi connectivity index (χ1n) is 5.16. The molecular formula is C10H17NO5. The first kappa shape index (κ1) is 12.9. The Balaban J connectivity index is 2.31. The molecule has 0 radical (unpaired) electrons. The van der Waals surface area contributed by atoms with E-state index < -0.39 is 12.6 Å². The van der Waals surface area contributed by atoms with Gasteiger partial charge in [-0.05, 0) is 20.3 Å². The second kappa shape index (κ2) is 5.27. The van der Waals surface area contributed by atoms with E-state index >= 15 is 0 Å². The summed E-state index contributed by atoms with van der Waals surface area (Å²) >= 11 is 0. The fourth-order valence-corrected chi connectivity index (χ4v) is 1.58. The Morgan fingerprint density at radius 2 is 2.25 bits per heavy atom. The van der Waals surface area contributed by atoms with Crippen LogP contribution in [0.3, 0.4) is 0 Å². The Hall–Kier alpha value is -1.14. The van der Waals surface area contributed by atoms with Gasteiger partial charge in [-0.25, -0.2) is 4.79 Å². The molecule has 2 unspecified atom stereocenters. The molecule has 0 aromatic heterocycles. The highest BCUT2D eigenvalue weighted by atomic mass is 16.5. The van der Waals surface area contributed by atoms with Gasteiger partial charge >= 0.3 is 5.97 Å². The van der Waals surface area contributed by atoms with Crippen LogP contribution in [0.15, 0.2) is 0 Å². The first-order chi connectivity index (χ1) is 7.44. The average Bonchev–Trinajstić information content (AvgIpc) is 2.46. The molecule has 1 saturated heterocycles. The van der Waals surface area contributed by atoms with Crippen LogP contribution in [0, 0.1) is 0 Å². The lowest BCUT2D eigenvalue weighted by molar-refractivity contribution is -0.143. The van der Waals surface area contributed by atoms with E-state index in [4.69, 9.17) is 14.6 Å². The van der Waals surface area contributed by atoms with E-state index in [9.17, 15) is 9.59 Å². The monoisotopic (exact) mass is 231 g/mol. The zero-order chi connectivity index (χ0) is 12.2. The van der Waals surface area contributed by atoms with Crippen LogP contribution in [0.5, 0.6) is 0 Å². The zero-order valence-corrected chi connectivity index (χ0v) is 9.49. The largest absolute Gasteiger partial charge is 0.480 e. The van der Waals surface area contributed by atoms with Crippen LogP contribution in [-0.2, 0) is 19.1 Å². The van der Waals surface area contributed by atoms with Crippen molar-refractivity contribution < 1.29 is 24.2 Å². The number of hydrogen-bond donors (Lipinski definition) is 2. The molecule has 6 nitrogen and oxygen atoms in total. The predicted octanol–water partition coefficient (Wildman–Crippen LogP) is -0.229. The maximum Gasteiger partial charge on any atom is 0.329 e. The number of amides is 1. The van der Waals surface area contributed by atoms with Crippen molar-refractivity contribution in [2.75, 3.05) is 19.8 Å². The lowest BCUT2D eigenvalue weighted by Crippen LogP contribution is -2.51. The lowest BCUT2D eigenvalue weighted by Gasteiger charge is -2.28. The summed E-state index contributed by atoms with van der Waals surface area (Å²) in [5.74, 6) is -1.40. The number of carboxylic acid groups (broad SMARTS) is 1. The molecule has 2 N–H and O–H groups in total. The molecule has 1 aliphatic heterocycles. The Bertz CT molecular complexity index is 280. The van der Waals surface area contributed by atoms with Gasteiger partial charge in [0.25, 0.3) is 0 Å². The van der Waals surface area contributed by atoms with E-state index in [0.29, 0.717) is 6.61 Å². The summed E-state index contributed by atoms with van der Waals surface area (Å²) in [4.78, 5) is 21.6. The van der Waals surface area contributed by atoms with Crippen LogP contribution >= 0.6 is 0 Å². The zero-order valence-electron chi connectivity index (χ0n) is 9.49. The molecule has 1 heterocycles. The SMILES string of the molecule is CC1OCCC1(C)NC(=O)COCC(=O)O. The smallest absolute Gasteiger partial charge is 0.329 e. The Morgan fingerprint density at radius 3 is 2.75 bits per heavy atom. The first-order valence-corrected chi connectivity index (χ1v) is 5.16. The van der Waals surface area contributed by atoms with E-state index in [1.165, 1.54) is 0 Å². The van der Waals surface area contributed by atoms with Gasteiger partial charge in [0.05, 0.1) is 11.6 Å². The van der Waals surface area contributed by atoms with Crippen molar-refractivity contribution in [2.45, 2.75) is 31.9 Å². The summed E-state index contributed by atoms with van der Waals surface area (Å²) in [7, 11) is 0. The van der Waals surface area contributed by atoms with Crippen molar-refractivity contribution >= 4 is 11.9 Å². The Labute approximate surface area is 93.9 Å². The molecule has 2 atom stereocenters. The van der Waals surface area contributed by atoms with E-state index in [-0.39, 0.29) is 24.2 Å². The summed E-state index contributed by atoms with van der Waals surface area (Å²) in [6.45, 7) is 3.71. The molecule has 1 rings (SSSR count). The topological polar surface area (TPSA) is 84.9 Å². The molecule has 1 aliphatic rings. The molecular weight excluding hydrogens is 214 g/mol. The molecule has 1 fully saturated rings. The van der Waals surface area contributed by atoms with Crippen LogP contribution in [0.1, 0.15) is 20.3 Å². The number of aliphatic carboxylic acids is 1. The lowest BCUT2D eigenvalue weighted by atomic mass is 9.95. The van der Waals surface area contributed by atoms with Gasteiger partial charge in [0, 0.05) is 6.61 Å². The van der Waals surface area contributed by atoms with E-state index in [2.05, 4.69) is 5.32 Å². The number of rotatable bonds is 5. The van der Waals surface area contributed by atoms with E-state index in [1.807, 2.05) is 13.8 Å². The van der Waals surface area contributed by atoms with Crippen molar-refractivity contribution in [2.24, 2.45) is 0 Å². The number of carbonyl (C=O) groups excluding carboxylic acids is 1. The van der Waals surface area contributed by atoms with Crippen molar-refractivity contribution in [3.63, 3.8) is 0 Å². The maximum absolute atomic E-state index is 11.4. The van der Waals surface area contributed by atoms with Crippen molar-refractivity contribution in [3.8, 4) is 0 Å². The van der Waals surface area contributed by atoms with Gasteiger partial charge in [0.15, 0.2) is 0 Å². The number of ether oxygens (including phenoxy) is 2. The molecule has 0 saturated carbocycles. The summed E-state index contributed by atoms with van der Waals surface area (Å²) in [5.41, 5.74) is -0.385. The highest BCUT2D eigenvalue weighted by Gasteiger charge is 2.38. The molecule has 6 heteroatoms. The molecule has 0 aromatic rings. The van der Waals surface area contributed by atoms with Gasteiger partial charge in [0.1, 0.15) is 13.2 Å².